The van der Waals surface area contributed by atoms with E-state index in [4.69, 9.17) is 23.2 Å². The summed E-state index contributed by atoms with van der Waals surface area (Å²) in [6.07, 6.45) is 0. The molecule has 1 aliphatic heterocycles. The Hall–Kier alpha value is -0.350. The molecule has 0 aromatic heterocycles. The van der Waals surface area contributed by atoms with Crippen molar-refractivity contribution in [1.29, 1.82) is 0 Å². The number of carbonyl (C=O) groups excluding carboxylic acids is 1. The van der Waals surface area contributed by atoms with Gasteiger partial charge in [0.1, 0.15) is 0 Å². The van der Waals surface area contributed by atoms with E-state index in [0.29, 0.717) is 0 Å². The fourth-order valence-corrected chi connectivity index (χ4v) is 0.557. The first-order chi connectivity index (χ1) is 3.60. The van der Waals surface area contributed by atoms with Gasteiger partial charge >= 0.3 is 10.6 Å². The van der Waals surface area contributed by atoms with Crippen molar-refractivity contribution >= 4 is 29.2 Å². The Morgan fingerprint density at radius 2 is 2.38 bits per heavy atom. The molecule has 0 unspecified atom stereocenters. The van der Waals surface area contributed by atoms with Gasteiger partial charge in [-0.25, -0.2) is 10.1 Å². The zero-order valence-electron chi connectivity index (χ0n) is 3.61. The molecule has 44 valence electrons. The highest BCUT2D eigenvalue weighted by atomic mass is 35.5. The highest BCUT2D eigenvalue weighted by molar-refractivity contribution is 6.47. The smallest absolute Gasteiger partial charge is 0.241 e. The van der Waals surface area contributed by atoms with Crippen molar-refractivity contribution in [2.75, 3.05) is 0 Å². The Balaban J connectivity index is 2.72. The molecule has 0 aromatic carbocycles. The minimum absolute atomic E-state index is 0.560. The van der Waals surface area contributed by atoms with Crippen LogP contribution < -0.4 is 10.4 Å². The molecule has 8 heavy (non-hydrogen) atoms. The number of urea groups is 1. The predicted octanol–water partition coefficient (Wildman–Crippen LogP) is -0.669. The molecule has 0 bridgehead atoms. The summed E-state index contributed by atoms with van der Waals surface area (Å²) in [5, 5.41) is 7.37. The molecule has 0 spiro atoms. The lowest BCUT2D eigenvalue weighted by molar-refractivity contribution is -0.553. The van der Waals surface area contributed by atoms with Crippen LogP contribution in [0.15, 0.2) is 5.11 Å². The van der Waals surface area contributed by atoms with E-state index in [2.05, 4.69) is 15.5 Å². The Bertz CT molecular complexity index is 153. The number of carbonyl (C=O) groups is 1. The van der Waals surface area contributed by atoms with Crippen LogP contribution in [0.4, 0.5) is 4.79 Å². The third-order valence-corrected chi connectivity index (χ3v) is 0.920. The molecule has 1 aliphatic rings. The Morgan fingerprint density at radius 1 is 1.75 bits per heavy atom. The molecule has 0 aromatic rings. The number of hydrogen-bond donors (Lipinski definition) is 2. The molecule has 1 heterocycles. The fourth-order valence-electron chi connectivity index (χ4n) is 0.311. The molecule has 2 amide bonds. The van der Waals surface area contributed by atoms with Crippen molar-refractivity contribution in [3.63, 3.8) is 0 Å². The van der Waals surface area contributed by atoms with Gasteiger partial charge in [0.25, 0.3) is 0 Å². The maximum atomic E-state index is 10.1. The molecular weight excluding hydrogens is 153 g/mol. The third kappa shape index (κ3) is 1.08. The zero-order chi connectivity index (χ0) is 6.20. The maximum Gasteiger partial charge on any atom is 0.421 e. The summed E-state index contributed by atoms with van der Waals surface area (Å²) in [5.41, 5.74) is 0. The van der Waals surface area contributed by atoms with Crippen LogP contribution in [0.1, 0.15) is 0 Å². The van der Waals surface area contributed by atoms with E-state index in [1.807, 2.05) is 0 Å². The summed E-state index contributed by atoms with van der Waals surface area (Å²) in [7, 11) is 0. The molecule has 1 rings (SSSR count). The van der Waals surface area contributed by atoms with E-state index < -0.39 is 10.6 Å². The van der Waals surface area contributed by atoms with Crippen LogP contribution in [-0.4, -0.2) is 10.6 Å². The number of azo groups is 1. The number of alkyl halides is 2. The van der Waals surface area contributed by atoms with Crippen LogP contribution in [-0.2, 0) is 0 Å². The molecule has 0 saturated carbocycles. The first-order valence-electron chi connectivity index (χ1n) is 1.78. The summed E-state index contributed by atoms with van der Waals surface area (Å²) >= 11 is 10.6. The topological polar surface area (TPSA) is 55.4 Å². The molecular formula is C2H2Cl2N3O+. The van der Waals surface area contributed by atoms with Crippen LogP contribution in [0, 0.1) is 0 Å². The number of amides is 2. The highest BCUT2D eigenvalue weighted by Crippen LogP contribution is 2.07. The SMILES string of the molecule is O=C1N=[NH+]C(Cl)(Cl)N1. The second-order valence-corrected chi connectivity index (χ2v) is 2.56. The van der Waals surface area contributed by atoms with Gasteiger partial charge in [0, 0.05) is 23.2 Å². The minimum atomic E-state index is -1.41. The van der Waals surface area contributed by atoms with Gasteiger partial charge < -0.3 is 0 Å². The van der Waals surface area contributed by atoms with Gasteiger partial charge in [0.05, 0.1) is 5.11 Å². The quantitative estimate of drug-likeness (QED) is 0.353. The van der Waals surface area contributed by atoms with Crippen molar-refractivity contribution in [1.82, 2.24) is 5.32 Å². The number of rotatable bonds is 0. The van der Waals surface area contributed by atoms with Crippen molar-refractivity contribution in [2.45, 2.75) is 4.58 Å². The lowest BCUT2D eigenvalue weighted by Gasteiger charge is -1.95. The van der Waals surface area contributed by atoms with E-state index in [9.17, 15) is 4.79 Å². The third-order valence-electron chi connectivity index (χ3n) is 0.562. The lowest BCUT2D eigenvalue weighted by atomic mass is 11.0. The summed E-state index contributed by atoms with van der Waals surface area (Å²) in [4.78, 5) is 10.1. The van der Waals surface area contributed by atoms with Gasteiger partial charge in [0.2, 0.25) is 0 Å². The molecule has 0 radical (unpaired) electrons. The van der Waals surface area contributed by atoms with Crippen LogP contribution >= 0.6 is 23.2 Å². The second-order valence-electron chi connectivity index (χ2n) is 1.23. The average Bonchev–Trinajstić information content (AvgIpc) is 1.82. The number of halogens is 2. The molecule has 2 N–H and O–H groups in total. The molecule has 6 heteroatoms. The summed E-state index contributed by atoms with van der Waals surface area (Å²) < 4.78 is -1.41. The second kappa shape index (κ2) is 1.56. The van der Waals surface area contributed by atoms with Gasteiger partial charge in [-0.1, -0.05) is 5.11 Å². The normalized spacial score (nSPS) is 23.5. The largest absolute Gasteiger partial charge is 0.421 e. The minimum Gasteiger partial charge on any atom is -0.241 e. The van der Waals surface area contributed by atoms with Crippen molar-refractivity contribution in [3.8, 4) is 0 Å². The van der Waals surface area contributed by atoms with E-state index in [-0.39, 0.29) is 0 Å². The number of nitrogens with one attached hydrogen (secondary N) is 2. The van der Waals surface area contributed by atoms with Crippen molar-refractivity contribution in [3.05, 3.63) is 0 Å². The monoisotopic (exact) mass is 154 g/mol. The fraction of sp³-hybridized carbons (Fsp3) is 0.500. The molecule has 0 atom stereocenters. The number of hydrogen-bond acceptors (Lipinski definition) is 1. The van der Waals surface area contributed by atoms with Gasteiger partial charge in [-0.15, -0.1) is 0 Å². The zero-order valence-corrected chi connectivity index (χ0v) is 5.12. The van der Waals surface area contributed by atoms with Crippen molar-refractivity contribution < 1.29 is 9.91 Å². The van der Waals surface area contributed by atoms with E-state index in [0.717, 1.165) is 0 Å². The molecule has 4 nitrogen and oxygen atoms in total. The Morgan fingerprint density at radius 3 is 2.50 bits per heavy atom. The maximum absolute atomic E-state index is 10.1. The van der Waals surface area contributed by atoms with E-state index >= 15 is 0 Å². The van der Waals surface area contributed by atoms with E-state index in [1.54, 1.807) is 0 Å². The first-order valence-corrected chi connectivity index (χ1v) is 2.54. The summed E-state index contributed by atoms with van der Waals surface area (Å²) in [6.45, 7) is 0. The summed E-state index contributed by atoms with van der Waals surface area (Å²) in [5.74, 6) is 0. The summed E-state index contributed by atoms with van der Waals surface area (Å²) in [6, 6.07) is -0.560. The average molecular weight is 155 g/mol. The van der Waals surface area contributed by atoms with Crippen molar-refractivity contribution in [2.24, 2.45) is 5.11 Å². The molecule has 0 saturated heterocycles. The van der Waals surface area contributed by atoms with Crippen LogP contribution in [0.5, 0.6) is 0 Å². The van der Waals surface area contributed by atoms with Gasteiger partial charge in [-0.2, -0.15) is 0 Å². The molecule has 0 fully saturated rings. The molecule has 0 aliphatic carbocycles. The Kier molecular flexibility index (Phi) is 1.13. The van der Waals surface area contributed by atoms with Crippen LogP contribution in [0.25, 0.3) is 0 Å². The van der Waals surface area contributed by atoms with E-state index in [1.165, 1.54) is 0 Å². The highest BCUT2D eigenvalue weighted by Gasteiger charge is 2.38. The van der Waals surface area contributed by atoms with Crippen LogP contribution in [0.2, 0.25) is 0 Å². The van der Waals surface area contributed by atoms with Gasteiger partial charge in [-0.3, -0.25) is 0 Å². The first kappa shape index (κ1) is 5.78. The standard InChI is InChI=1S/C2HCl2N3O/c3-2(4)5-1(8)6-7-2/h(H,5,8)/p+1. The lowest BCUT2D eigenvalue weighted by Crippen LogP contribution is -2.78. The predicted molar refractivity (Wildman–Crippen MR) is 26.4 cm³/mol. The van der Waals surface area contributed by atoms with Crippen LogP contribution in [0.3, 0.4) is 0 Å². The van der Waals surface area contributed by atoms with Gasteiger partial charge in [-0.05, 0) is 0 Å². The van der Waals surface area contributed by atoms with Gasteiger partial charge in [0.15, 0.2) is 0 Å². The number of nitrogens with zero attached hydrogens (tertiary/aromatic N) is 1. The Labute approximate surface area is 54.9 Å².